The summed E-state index contributed by atoms with van der Waals surface area (Å²) in [6.07, 6.45) is -2.78. The third-order valence-corrected chi connectivity index (χ3v) is 5.53. The number of rotatable bonds is 8. The van der Waals surface area contributed by atoms with Crippen LogP contribution in [0.15, 0.2) is 83.3 Å². The van der Waals surface area contributed by atoms with Crippen molar-refractivity contribution < 1.29 is 22.6 Å². The second kappa shape index (κ2) is 10.4. The van der Waals surface area contributed by atoms with Gasteiger partial charge >= 0.3 is 6.18 Å². The number of benzene rings is 3. The molecular weight excluding hydrogens is 463 g/mol. The minimum Gasteiger partial charge on any atom is -0.493 e. The summed E-state index contributed by atoms with van der Waals surface area (Å²) in [5.74, 6) is 0.856. The van der Waals surface area contributed by atoms with Crippen molar-refractivity contribution in [1.82, 2.24) is 4.98 Å². The lowest BCUT2D eigenvalue weighted by Crippen LogP contribution is -2.06. The zero-order valence-electron chi connectivity index (χ0n) is 18.0. The van der Waals surface area contributed by atoms with E-state index in [0.717, 1.165) is 29.0 Å². The lowest BCUT2D eigenvalue weighted by molar-refractivity contribution is -0.137. The smallest absolute Gasteiger partial charge is 0.416 e. The van der Waals surface area contributed by atoms with Gasteiger partial charge in [0.05, 0.1) is 24.6 Å². The molecule has 9 heteroatoms. The molecule has 0 radical (unpaired) electrons. The van der Waals surface area contributed by atoms with Gasteiger partial charge in [-0.2, -0.15) is 18.3 Å². The van der Waals surface area contributed by atoms with Crippen LogP contribution in [0, 0.1) is 0 Å². The van der Waals surface area contributed by atoms with Crippen LogP contribution in [0.4, 0.5) is 18.3 Å². The summed E-state index contributed by atoms with van der Waals surface area (Å²) in [6.45, 7) is -0.0247. The van der Waals surface area contributed by atoms with Gasteiger partial charge in [-0.1, -0.05) is 42.5 Å². The van der Waals surface area contributed by atoms with Gasteiger partial charge in [0.25, 0.3) is 0 Å². The van der Waals surface area contributed by atoms with Crippen LogP contribution < -0.4 is 14.9 Å². The molecule has 0 saturated heterocycles. The Morgan fingerprint density at radius 1 is 1.00 bits per heavy atom. The number of halogens is 3. The van der Waals surface area contributed by atoms with Crippen LogP contribution >= 0.6 is 11.3 Å². The quantitative estimate of drug-likeness (QED) is 0.220. The van der Waals surface area contributed by atoms with Crippen molar-refractivity contribution in [3.05, 3.63) is 94.9 Å². The van der Waals surface area contributed by atoms with Crippen molar-refractivity contribution in [3.63, 3.8) is 0 Å². The van der Waals surface area contributed by atoms with Crippen LogP contribution in [-0.2, 0) is 12.8 Å². The van der Waals surface area contributed by atoms with E-state index in [-0.39, 0.29) is 6.61 Å². The van der Waals surface area contributed by atoms with Gasteiger partial charge in [0.1, 0.15) is 6.61 Å². The molecule has 34 heavy (non-hydrogen) atoms. The molecule has 174 valence electrons. The molecule has 0 atom stereocenters. The Kier molecular flexibility index (Phi) is 7.12. The molecule has 3 aromatic carbocycles. The highest BCUT2D eigenvalue weighted by Crippen LogP contribution is 2.31. The molecule has 5 nitrogen and oxygen atoms in total. The number of nitrogens with one attached hydrogen (secondary N) is 1. The number of alkyl halides is 3. The number of hydrazone groups is 1. The first-order valence-electron chi connectivity index (χ1n) is 10.2. The van der Waals surface area contributed by atoms with Gasteiger partial charge in [0.2, 0.25) is 5.13 Å². The number of ether oxygens (including phenoxy) is 2. The lowest BCUT2D eigenvalue weighted by atomic mass is 10.1. The Morgan fingerprint density at radius 2 is 1.82 bits per heavy atom. The second-order valence-corrected chi connectivity index (χ2v) is 8.03. The van der Waals surface area contributed by atoms with Crippen molar-refractivity contribution >= 4 is 22.7 Å². The number of methoxy groups -OCH3 is 1. The molecule has 4 aromatic rings. The molecule has 0 amide bonds. The van der Waals surface area contributed by atoms with E-state index in [1.807, 2.05) is 35.7 Å². The maximum atomic E-state index is 12.9. The molecule has 4 rings (SSSR count). The molecule has 1 N–H and O–H groups in total. The zero-order chi connectivity index (χ0) is 24.0. The van der Waals surface area contributed by atoms with Gasteiger partial charge < -0.3 is 9.47 Å². The summed E-state index contributed by atoms with van der Waals surface area (Å²) in [5.41, 5.74) is 5.25. The normalized spacial score (nSPS) is 11.5. The van der Waals surface area contributed by atoms with Crippen LogP contribution in [0.1, 0.15) is 16.7 Å². The summed E-state index contributed by atoms with van der Waals surface area (Å²) >= 11 is 1.45. The zero-order valence-corrected chi connectivity index (χ0v) is 18.9. The predicted octanol–water partition coefficient (Wildman–Crippen LogP) is 6.86. The Hall–Kier alpha value is -3.85. The minimum atomic E-state index is -4.40. The van der Waals surface area contributed by atoms with Crippen LogP contribution in [-0.4, -0.2) is 18.3 Å². The largest absolute Gasteiger partial charge is 0.493 e. The third-order valence-electron chi connectivity index (χ3n) is 4.78. The minimum absolute atomic E-state index is 0.0247. The Bertz CT molecular complexity index is 1270. The standard InChI is InChI=1S/C25H20F3N3O2S/c1-32-23-13-17(14-29-31-24-30-21(16-34-24)19-7-3-2-4-8-19)10-11-22(23)33-15-18-6-5-9-20(12-18)25(26,27)28/h2-14,16H,15H2,1H3,(H,30,31). The topological polar surface area (TPSA) is 55.7 Å². The first-order chi connectivity index (χ1) is 16.4. The average Bonchev–Trinajstić information content (AvgIpc) is 3.32. The molecule has 0 aliphatic carbocycles. The van der Waals surface area contributed by atoms with Crippen LogP contribution in [0.2, 0.25) is 0 Å². The molecule has 1 heterocycles. The van der Waals surface area contributed by atoms with Gasteiger partial charge in [-0.05, 0) is 41.5 Å². The molecular formula is C25H20F3N3O2S. The lowest BCUT2D eigenvalue weighted by Gasteiger charge is -2.12. The molecule has 0 saturated carbocycles. The van der Waals surface area contributed by atoms with Crippen molar-refractivity contribution in [2.75, 3.05) is 12.5 Å². The van der Waals surface area contributed by atoms with Crippen LogP contribution in [0.5, 0.6) is 11.5 Å². The number of hydrogen-bond donors (Lipinski definition) is 1. The van der Waals surface area contributed by atoms with Gasteiger partial charge in [0, 0.05) is 10.9 Å². The summed E-state index contributed by atoms with van der Waals surface area (Å²) in [7, 11) is 1.49. The molecule has 0 unspecified atom stereocenters. The third kappa shape index (κ3) is 5.93. The first kappa shape index (κ1) is 23.3. The fourth-order valence-corrected chi connectivity index (χ4v) is 3.78. The summed E-state index contributed by atoms with van der Waals surface area (Å²) in [4.78, 5) is 4.51. The first-order valence-corrected chi connectivity index (χ1v) is 11.1. The number of hydrogen-bond acceptors (Lipinski definition) is 6. The fraction of sp³-hybridized carbons (Fsp3) is 0.120. The van der Waals surface area contributed by atoms with Gasteiger partial charge in [-0.25, -0.2) is 4.98 Å². The van der Waals surface area contributed by atoms with E-state index in [0.29, 0.717) is 22.2 Å². The Balaban J connectivity index is 1.38. The molecule has 0 aliphatic rings. The number of thiazole rings is 1. The van der Waals surface area contributed by atoms with E-state index >= 15 is 0 Å². The van der Waals surface area contributed by atoms with Crippen molar-refractivity contribution in [3.8, 4) is 22.8 Å². The number of nitrogens with zero attached hydrogens (tertiary/aromatic N) is 2. The van der Waals surface area contributed by atoms with E-state index in [4.69, 9.17) is 9.47 Å². The SMILES string of the molecule is COc1cc(C=NNc2nc(-c3ccccc3)cs2)ccc1OCc1cccc(C(F)(F)F)c1. The Morgan fingerprint density at radius 3 is 2.59 bits per heavy atom. The highest BCUT2D eigenvalue weighted by atomic mass is 32.1. The Labute approximate surface area is 198 Å². The summed E-state index contributed by atoms with van der Waals surface area (Å²) < 4.78 is 49.8. The van der Waals surface area contributed by atoms with Crippen LogP contribution in [0.25, 0.3) is 11.3 Å². The van der Waals surface area contributed by atoms with E-state index in [1.54, 1.807) is 30.5 Å². The highest BCUT2D eigenvalue weighted by Gasteiger charge is 2.30. The van der Waals surface area contributed by atoms with Crippen molar-refractivity contribution in [1.29, 1.82) is 0 Å². The highest BCUT2D eigenvalue weighted by molar-refractivity contribution is 7.14. The van der Waals surface area contributed by atoms with E-state index in [2.05, 4.69) is 15.5 Å². The van der Waals surface area contributed by atoms with E-state index in [1.165, 1.54) is 24.5 Å². The maximum absolute atomic E-state index is 12.9. The van der Waals surface area contributed by atoms with E-state index in [9.17, 15) is 13.2 Å². The number of anilines is 1. The van der Waals surface area contributed by atoms with Crippen LogP contribution in [0.3, 0.4) is 0 Å². The molecule has 0 spiro atoms. The second-order valence-electron chi connectivity index (χ2n) is 7.17. The summed E-state index contributed by atoms with van der Waals surface area (Å²) in [6, 6.07) is 20.1. The molecule has 0 bridgehead atoms. The monoisotopic (exact) mass is 483 g/mol. The molecule has 0 aliphatic heterocycles. The predicted molar refractivity (Wildman–Crippen MR) is 128 cm³/mol. The van der Waals surface area contributed by atoms with Crippen molar-refractivity contribution in [2.24, 2.45) is 5.10 Å². The molecule has 0 fully saturated rings. The van der Waals surface area contributed by atoms with Gasteiger partial charge in [-0.15, -0.1) is 11.3 Å². The maximum Gasteiger partial charge on any atom is 0.416 e. The van der Waals surface area contributed by atoms with E-state index < -0.39 is 11.7 Å². The fourth-order valence-electron chi connectivity index (χ4n) is 3.11. The number of aromatic nitrogens is 1. The molecule has 1 aromatic heterocycles. The van der Waals surface area contributed by atoms with Crippen molar-refractivity contribution in [2.45, 2.75) is 12.8 Å². The summed E-state index contributed by atoms with van der Waals surface area (Å²) in [5, 5.41) is 6.83. The van der Waals surface area contributed by atoms with Gasteiger partial charge in [-0.3, -0.25) is 5.43 Å². The van der Waals surface area contributed by atoms with Gasteiger partial charge in [0.15, 0.2) is 11.5 Å². The average molecular weight is 484 g/mol.